The van der Waals surface area contributed by atoms with Crippen molar-refractivity contribution in [3.8, 4) is 0 Å². The number of carbonyl (C=O) groups is 1. The highest BCUT2D eigenvalue weighted by Gasteiger charge is 2.21. The fraction of sp³-hybridized carbons (Fsp3) is 0.588. The second kappa shape index (κ2) is 7.95. The van der Waals surface area contributed by atoms with Gasteiger partial charge in [-0.05, 0) is 56.5 Å². The zero-order valence-corrected chi connectivity index (χ0v) is 14.0. The van der Waals surface area contributed by atoms with Gasteiger partial charge >= 0.3 is 0 Å². The van der Waals surface area contributed by atoms with E-state index in [0.717, 1.165) is 31.5 Å². The summed E-state index contributed by atoms with van der Waals surface area (Å²) in [5, 5.41) is 3.40. The number of hydrogen-bond acceptors (Lipinski definition) is 3. The third-order valence-corrected chi connectivity index (χ3v) is 4.46. The van der Waals surface area contributed by atoms with Crippen molar-refractivity contribution in [2.45, 2.75) is 25.7 Å². The number of amides is 1. The van der Waals surface area contributed by atoms with E-state index in [1.54, 1.807) is 0 Å². The van der Waals surface area contributed by atoms with Crippen LogP contribution in [0.15, 0.2) is 18.2 Å². The van der Waals surface area contributed by atoms with E-state index in [1.165, 1.54) is 11.1 Å². The summed E-state index contributed by atoms with van der Waals surface area (Å²) in [5.41, 5.74) is 3.35. The molecular formula is C17H25ClN2O2. The molecule has 4 nitrogen and oxygen atoms in total. The van der Waals surface area contributed by atoms with Gasteiger partial charge < -0.3 is 15.0 Å². The highest BCUT2D eigenvalue weighted by Crippen LogP contribution is 2.27. The molecule has 1 aromatic rings. The van der Waals surface area contributed by atoms with Crippen molar-refractivity contribution >= 4 is 18.3 Å². The monoisotopic (exact) mass is 324 g/mol. The van der Waals surface area contributed by atoms with Crippen LogP contribution >= 0.6 is 12.4 Å². The van der Waals surface area contributed by atoms with Gasteiger partial charge in [0.2, 0.25) is 0 Å². The summed E-state index contributed by atoms with van der Waals surface area (Å²) >= 11 is 0. The van der Waals surface area contributed by atoms with Gasteiger partial charge in [0.1, 0.15) is 0 Å². The van der Waals surface area contributed by atoms with Crippen LogP contribution in [0.2, 0.25) is 0 Å². The fourth-order valence-corrected chi connectivity index (χ4v) is 3.28. The van der Waals surface area contributed by atoms with Gasteiger partial charge in [0.25, 0.3) is 5.91 Å². The molecule has 0 aliphatic carbocycles. The van der Waals surface area contributed by atoms with Crippen LogP contribution in [0.4, 0.5) is 0 Å². The first-order valence-electron chi connectivity index (χ1n) is 7.93. The summed E-state index contributed by atoms with van der Waals surface area (Å²) < 4.78 is 5.33. The standard InChI is InChI=1S/C17H24N2O2.ClH/c1-13-10-15(14-2-4-18-5-3-14)12-16(11-13)17(20)19-6-8-21-9-7-19;/h10-12,14,18H,2-9H2,1H3;1H. The van der Waals surface area contributed by atoms with Crippen LogP contribution in [-0.4, -0.2) is 50.2 Å². The Morgan fingerprint density at radius 3 is 2.55 bits per heavy atom. The number of carbonyl (C=O) groups excluding carboxylic acids is 1. The molecule has 0 atom stereocenters. The number of piperidine rings is 1. The molecule has 2 saturated heterocycles. The molecule has 0 bridgehead atoms. The van der Waals surface area contributed by atoms with E-state index < -0.39 is 0 Å². The number of hydrogen-bond donors (Lipinski definition) is 1. The zero-order valence-electron chi connectivity index (χ0n) is 13.1. The van der Waals surface area contributed by atoms with E-state index >= 15 is 0 Å². The molecule has 0 aromatic heterocycles. The largest absolute Gasteiger partial charge is 0.378 e. The predicted octanol–water partition coefficient (Wildman–Crippen LogP) is 2.36. The minimum Gasteiger partial charge on any atom is -0.378 e. The van der Waals surface area contributed by atoms with Crippen LogP contribution in [0.1, 0.15) is 40.2 Å². The second-order valence-corrected chi connectivity index (χ2v) is 6.06. The molecule has 122 valence electrons. The summed E-state index contributed by atoms with van der Waals surface area (Å²) in [7, 11) is 0. The maximum atomic E-state index is 12.6. The molecule has 1 amide bonds. The van der Waals surface area contributed by atoms with Crippen LogP contribution in [0, 0.1) is 6.92 Å². The molecule has 5 heteroatoms. The Balaban J connectivity index is 0.00000176. The van der Waals surface area contributed by atoms with Gasteiger partial charge in [0, 0.05) is 18.7 Å². The third kappa shape index (κ3) is 4.00. The molecule has 1 aromatic carbocycles. The Labute approximate surface area is 138 Å². The van der Waals surface area contributed by atoms with Crippen molar-refractivity contribution in [2.75, 3.05) is 39.4 Å². The Hall–Kier alpha value is -1.10. The van der Waals surface area contributed by atoms with E-state index in [9.17, 15) is 4.79 Å². The molecule has 0 radical (unpaired) electrons. The minimum atomic E-state index is 0. The summed E-state index contributed by atoms with van der Waals surface area (Å²) in [5.74, 6) is 0.736. The van der Waals surface area contributed by atoms with Gasteiger partial charge in [-0.2, -0.15) is 0 Å². The molecule has 0 spiro atoms. The van der Waals surface area contributed by atoms with E-state index in [-0.39, 0.29) is 18.3 Å². The zero-order chi connectivity index (χ0) is 14.7. The molecule has 0 unspecified atom stereocenters. The van der Waals surface area contributed by atoms with Gasteiger partial charge in [-0.3, -0.25) is 4.79 Å². The first-order valence-corrected chi connectivity index (χ1v) is 7.93. The van der Waals surface area contributed by atoms with Crippen LogP contribution in [-0.2, 0) is 4.74 Å². The number of rotatable bonds is 2. The van der Waals surface area contributed by atoms with Crippen LogP contribution in [0.5, 0.6) is 0 Å². The number of benzene rings is 1. The van der Waals surface area contributed by atoms with Crippen molar-refractivity contribution < 1.29 is 9.53 Å². The maximum Gasteiger partial charge on any atom is 0.254 e. The van der Waals surface area contributed by atoms with Gasteiger partial charge in [-0.25, -0.2) is 0 Å². The normalized spacial score (nSPS) is 19.6. The van der Waals surface area contributed by atoms with E-state index in [2.05, 4.69) is 24.4 Å². The Morgan fingerprint density at radius 1 is 1.18 bits per heavy atom. The Bertz CT molecular complexity index is 509. The smallest absolute Gasteiger partial charge is 0.254 e. The maximum absolute atomic E-state index is 12.6. The van der Waals surface area contributed by atoms with E-state index in [0.29, 0.717) is 32.2 Å². The molecule has 2 aliphatic heterocycles. The number of nitrogens with one attached hydrogen (secondary N) is 1. The minimum absolute atomic E-state index is 0. The molecule has 1 N–H and O–H groups in total. The lowest BCUT2D eigenvalue weighted by Crippen LogP contribution is -2.40. The number of morpholine rings is 1. The third-order valence-electron chi connectivity index (χ3n) is 4.46. The van der Waals surface area contributed by atoms with Gasteiger partial charge in [0.05, 0.1) is 13.2 Å². The van der Waals surface area contributed by atoms with Crippen molar-refractivity contribution in [1.29, 1.82) is 0 Å². The highest BCUT2D eigenvalue weighted by atomic mass is 35.5. The van der Waals surface area contributed by atoms with Crippen LogP contribution < -0.4 is 5.32 Å². The Kier molecular flexibility index (Phi) is 6.24. The molecule has 0 saturated carbocycles. The lowest BCUT2D eigenvalue weighted by molar-refractivity contribution is 0.0302. The molecule has 22 heavy (non-hydrogen) atoms. The average Bonchev–Trinajstić information content (AvgIpc) is 2.55. The second-order valence-electron chi connectivity index (χ2n) is 6.06. The van der Waals surface area contributed by atoms with Crippen LogP contribution in [0.3, 0.4) is 0 Å². The number of nitrogens with zero attached hydrogens (tertiary/aromatic N) is 1. The highest BCUT2D eigenvalue weighted by molar-refractivity contribution is 5.94. The summed E-state index contributed by atoms with van der Waals surface area (Å²) in [6.07, 6.45) is 2.32. The number of aryl methyl sites for hydroxylation is 1. The van der Waals surface area contributed by atoms with Gasteiger partial charge in [0.15, 0.2) is 0 Å². The summed E-state index contributed by atoms with van der Waals surface area (Å²) in [6.45, 7) is 6.94. The lowest BCUT2D eigenvalue weighted by Gasteiger charge is -2.28. The van der Waals surface area contributed by atoms with E-state index in [1.807, 2.05) is 11.0 Å². The fourth-order valence-electron chi connectivity index (χ4n) is 3.28. The van der Waals surface area contributed by atoms with Crippen molar-refractivity contribution in [3.63, 3.8) is 0 Å². The van der Waals surface area contributed by atoms with Crippen LogP contribution in [0.25, 0.3) is 0 Å². The first-order chi connectivity index (χ1) is 10.2. The molecule has 2 aliphatic rings. The first kappa shape index (κ1) is 17.3. The lowest BCUT2D eigenvalue weighted by atomic mass is 9.88. The summed E-state index contributed by atoms with van der Waals surface area (Å²) in [6, 6.07) is 6.37. The van der Waals surface area contributed by atoms with E-state index in [4.69, 9.17) is 4.74 Å². The quantitative estimate of drug-likeness (QED) is 0.908. The number of ether oxygens (including phenoxy) is 1. The number of halogens is 1. The molecule has 3 rings (SSSR count). The van der Waals surface area contributed by atoms with Crippen molar-refractivity contribution in [1.82, 2.24) is 10.2 Å². The molecular weight excluding hydrogens is 300 g/mol. The van der Waals surface area contributed by atoms with Crippen molar-refractivity contribution in [2.24, 2.45) is 0 Å². The molecule has 2 fully saturated rings. The predicted molar refractivity (Wildman–Crippen MR) is 90.0 cm³/mol. The van der Waals surface area contributed by atoms with Gasteiger partial charge in [-0.15, -0.1) is 12.4 Å². The van der Waals surface area contributed by atoms with Gasteiger partial charge in [-0.1, -0.05) is 11.6 Å². The molecule has 2 heterocycles. The average molecular weight is 325 g/mol. The SMILES string of the molecule is Cc1cc(C(=O)N2CCOCC2)cc(C2CCNCC2)c1.Cl. The van der Waals surface area contributed by atoms with Crippen molar-refractivity contribution in [3.05, 3.63) is 34.9 Å². The topological polar surface area (TPSA) is 41.6 Å². The summed E-state index contributed by atoms with van der Waals surface area (Å²) in [4.78, 5) is 14.6. The Morgan fingerprint density at radius 2 is 1.86 bits per heavy atom.